The number of fused-ring (bicyclic) bond motifs is 1. The van der Waals surface area contributed by atoms with Gasteiger partial charge in [0.05, 0.1) is 6.61 Å². The zero-order chi connectivity index (χ0) is 16.2. The maximum absolute atomic E-state index is 12.9. The molecule has 5 nitrogen and oxygen atoms in total. The van der Waals surface area contributed by atoms with Crippen molar-refractivity contribution in [3.05, 3.63) is 35.4 Å². The third-order valence-electron chi connectivity index (χ3n) is 4.81. The highest BCUT2D eigenvalue weighted by atomic mass is 16.5. The molecule has 3 rings (SSSR count). The van der Waals surface area contributed by atoms with Crippen molar-refractivity contribution in [2.24, 2.45) is 5.92 Å². The van der Waals surface area contributed by atoms with E-state index in [0.29, 0.717) is 19.6 Å². The minimum atomic E-state index is -0.766. The lowest BCUT2D eigenvalue weighted by Gasteiger charge is -2.36. The van der Waals surface area contributed by atoms with Gasteiger partial charge in [0, 0.05) is 19.5 Å². The van der Waals surface area contributed by atoms with Crippen LogP contribution in [0.1, 0.15) is 42.9 Å². The lowest BCUT2D eigenvalue weighted by Crippen LogP contribution is -2.44. The van der Waals surface area contributed by atoms with Gasteiger partial charge in [0.25, 0.3) is 5.91 Å². The molecule has 2 unspecified atom stereocenters. The van der Waals surface area contributed by atoms with Crippen LogP contribution in [-0.4, -0.2) is 41.6 Å². The molecule has 23 heavy (non-hydrogen) atoms. The number of ether oxygens (including phenoxy) is 1. The van der Waals surface area contributed by atoms with Crippen molar-refractivity contribution < 1.29 is 19.4 Å². The first kappa shape index (κ1) is 16.0. The quantitative estimate of drug-likeness (QED) is 0.926. The number of carboxylic acids is 1. The van der Waals surface area contributed by atoms with E-state index in [1.165, 1.54) is 5.56 Å². The van der Waals surface area contributed by atoms with Gasteiger partial charge in [-0.2, -0.15) is 0 Å². The van der Waals surface area contributed by atoms with Gasteiger partial charge in [-0.1, -0.05) is 24.3 Å². The Morgan fingerprint density at radius 3 is 2.96 bits per heavy atom. The average molecular weight is 317 g/mol. The molecule has 5 heteroatoms. The van der Waals surface area contributed by atoms with Gasteiger partial charge in [0.1, 0.15) is 0 Å². The molecule has 0 saturated carbocycles. The topological polar surface area (TPSA) is 66.8 Å². The fourth-order valence-corrected chi connectivity index (χ4v) is 3.59. The summed E-state index contributed by atoms with van der Waals surface area (Å²) in [6, 6.07) is 7.97. The van der Waals surface area contributed by atoms with Crippen molar-refractivity contribution in [3.8, 4) is 0 Å². The number of amides is 1. The zero-order valence-electron chi connectivity index (χ0n) is 13.2. The van der Waals surface area contributed by atoms with Crippen LogP contribution in [0.5, 0.6) is 0 Å². The van der Waals surface area contributed by atoms with E-state index in [0.717, 1.165) is 31.4 Å². The van der Waals surface area contributed by atoms with E-state index in [2.05, 4.69) is 6.07 Å². The number of nitrogens with zero attached hydrogens (tertiary/aromatic N) is 1. The SMILES string of the molecule is O=C(O)CCC1CCCN(C(=O)C2OCCc3ccccc32)C1. The molecular formula is C18H23NO4. The summed E-state index contributed by atoms with van der Waals surface area (Å²) in [4.78, 5) is 25.5. The molecule has 2 heterocycles. The molecule has 2 aliphatic heterocycles. The van der Waals surface area contributed by atoms with Crippen LogP contribution in [0.3, 0.4) is 0 Å². The van der Waals surface area contributed by atoms with E-state index >= 15 is 0 Å². The summed E-state index contributed by atoms with van der Waals surface area (Å²) in [5.74, 6) is -0.460. The van der Waals surface area contributed by atoms with E-state index in [-0.39, 0.29) is 18.2 Å². The van der Waals surface area contributed by atoms with Crippen LogP contribution in [0.2, 0.25) is 0 Å². The van der Waals surface area contributed by atoms with Crippen molar-refractivity contribution in [1.29, 1.82) is 0 Å². The fraction of sp³-hybridized carbons (Fsp3) is 0.556. The molecule has 1 fully saturated rings. The summed E-state index contributed by atoms with van der Waals surface area (Å²) in [7, 11) is 0. The molecule has 0 radical (unpaired) electrons. The number of likely N-dealkylation sites (tertiary alicyclic amines) is 1. The summed E-state index contributed by atoms with van der Waals surface area (Å²) in [5, 5.41) is 8.83. The van der Waals surface area contributed by atoms with Crippen LogP contribution in [0, 0.1) is 5.92 Å². The summed E-state index contributed by atoms with van der Waals surface area (Å²) in [5.41, 5.74) is 2.17. The third kappa shape index (κ3) is 3.72. The van der Waals surface area contributed by atoms with Gasteiger partial charge in [0.15, 0.2) is 6.10 Å². The lowest BCUT2D eigenvalue weighted by molar-refractivity contribution is -0.147. The Hall–Kier alpha value is -1.88. The highest BCUT2D eigenvalue weighted by molar-refractivity contribution is 5.83. The minimum Gasteiger partial charge on any atom is -0.481 e. The molecule has 2 aliphatic rings. The summed E-state index contributed by atoms with van der Waals surface area (Å²) >= 11 is 0. The number of aliphatic carboxylic acids is 1. The van der Waals surface area contributed by atoms with Gasteiger partial charge in [-0.05, 0) is 42.7 Å². The first-order valence-electron chi connectivity index (χ1n) is 8.35. The van der Waals surface area contributed by atoms with Gasteiger partial charge in [-0.3, -0.25) is 9.59 Å². The first-order valence-corrected chi connectivity index (χ1v) is 8.35. The minimum absolute atomic E-state index is 0.0252. The highest BCUT2D eigenvalue weighted by Gasteiger charge is 2.33. The second-order valence-electron chi connectivity index (χ2n) is 6.42. The molecule has 1 amide bonds. The van der Waals surface area contributed by atoms with Gasteiger partial charge in [-0.15, -0.1) is 0 Å². The molecule has 1 N–H and O–H groups in total. The molecule has 124 valence electrons. The highest BCUT2D eigenvalue weighted by Crippen LogP contribution is 2.30. The fourth-order valence-electron chi connectivity index (χ4n) is 3.59. The van der Waals surface area contributed by atoms with E-state index in [1.54, 1.807) is 0 Å². The maximum Gasteiger partial charge on any atom is 0.303 e. The molecule has 0 aliphatic carbocycles. The number of rotatable bonds is 4. The van der Waals surface area contributed by atoms with E-state index in [9.17, 15) is 9.59 Å². The Labute approximate surface area is 136 Å². The van der Waals surface area contributed by atoms with Crippen molar-refractivity contribution >= 4 is 11.9 Å². The third-order valence-corrected chi connectivity index (χ3v) is 4.81. The lowest BCUT2D eigenvalue weighted by atomic mass is 9.92. The Bertz CT molecular complexity index is 586. The smallest absolute Gasteiger partial charge is 0.303 e. The molecule has 1 saturated heterocycles. The zero-order valence-corrected chi connectivity index (χ0v) is 13.2. The van der Waals surface area contributed by atoms with Crippen LogP contribution in [-0.2, 0) is 20.7 Å². The molecule has 2 atom stereocenters. The van der Waals surface area contributed by atoms with Gasteiger partial charge in [0.2, 0.25) is 0 Å². The first-order chi connectivity index (χ1) is 11.1. The monoisotopic (exact) mass is 317 g/mol. The van der Waals surface area contributed by atoms with Gasteiger partial charge < -0.3 is 14.7 Å². The number of carbonyl (C=O) groups excluding carboxylic acids is 1. The number of benzene rings is 1. The van der Waals surface area contributed by atoms with Crippen LogP contribution in [0.4, 0.5) is 0 Å². The number of hydrogen-bond acceptors (Lipinski definition) is 3. The van der Waals surface area contributed by atoms with E-state index in [4.69, 9.17) is 9.84 Å². The number of carbonyl (C=O) groups is 2. The predicted molar refractivity (Wildman–Crippen MR) is 85.0 cm³/mol. The Balaban J connectivity index is 1.67. The van der Waals surface area contributed by atoms with Crippen LogP contribution in [0.25, 0.3) is 0 Å². The Morgan fingerprint density at radius 1 is 1.30 bits per heavy atom. The van der Waals surface area contributed by atoms with Crippen molar-refractivity contribution in [2.75, 3.05) is 19.7 Å². The molecule has 1 aromatic carbocycles. The van der Waals surface area contributed by atoms with Gasteiger partial charge >= 0.3 is 5.97 Å². The largest absolute Gasteiger partial charge is 0.481 e. The molecular weight excluding hydrogens is 294 g/mol. The maximum atomic E-state index is 12.9. The summed E-state index contributed by atoms with van der Waals surface area (Å²) in [6.07, 6.45) is 3.10. The number of hydrogen-bond donors (Lipinski definition) is 1. The molecule has 1 aromatic rings. The van der Waals surface area contributed by atoms with E-state index < -0.39 is 12.1 Å². The normalized spacial score (nSPS) is 24.1. The van der Waals surface area contributed by atoms with Crippen molar-refractivity contribution in [2.45, 2.75) is 38.2 Å². The van der Waals surface area contributed by atoms with Crippen LogP contribution >= 0.6 is 0 Å². The second kappa shape index (κ2) is 7.13. The van der Waals surface area contributed by atoms with Crippen molar-refractivity contribution in [3.63, 3.8) is 0 Å². The summed E-state index contributed by atoms with van der Waals surface area (Å²) < 4.78 is 5.77. The second-order valence-corrected chi connectivity index (χ2v) is 6.42. The Kier molecular flexibility index (Phi) is 4.96. The summed E-state index contributed by atoms with van der Waals surface area (Å²) in [6.45, 7) is 1.96. The average Bonchev–Trinajstić information content (AvgIpc) is 2.59. The Morgan fingerprint density at radius 2 is 2.13 bits per heavy atom. The van der Waals surface area contributed by atoms with Gasteiger partial charge in [-0.25, -0.2) is 0 Å². The van der Waals surface area contributed by atoms with Crippen LogP contribution < -0.4 is 0 Å². The number of piperidine rings is 1. The van der Waals surface area contributed by atoms with E-state index in [1.807, 2.05) is 23.1 Å². The molecule has 0 bridgehead atoms. The van der Waals surface area contributed by atoms with Crippen LogP contribution in [0.15, 0.2) is 24.3 Å². The van der Waals surface area contributed by atoms with Crippen molar-refractivity contribution in [1.82, 2.24) is 4.90 Å². The number of carboxylic acid groups (broad SMARTS) is 1. The predicted octanol–water partition coefficient (Wildman–Crippen LogP) is 2.40. The standard InChI is InChI=1S/C18H23NO4/c20-16(21)8-7-13-4-3-10-19(12-13)18(22)17-15-6-2-1-5-14(15)9-11-23-17/h1-2,5-6,13,17H,3-4,7-12H2,(H,20,21). The molecule has 0 aromatic heterocycles. The molecule has 0 spiro atoms.